The molecule has 0 N–H and O–H groups in total. The van der Waals surface area contributed by atoms with Crippen LogP contribution in [0.4, 0.5) is 5.00 Å². The first kappa shape index (κ1) is 9.08. The highest BCUT2D eigenvalue weighted by atomic mass is 32.1. The largest absolute Gasteiger partial charge is 0.368 e. The summed E-state index contributed by atoms with van der Waals surface area (Å²) >= 11 is 1.62. The fraction of sp³-hybridized carbons (Fsp3) is 0.222. The summed E-state index contributed by atoms with van der Waals surface area (Å²) < 4.78 is 0. The molecule has 0 saturated heterocycles. The molecule has 14 heavy (non-hydrogen) atoms. The van der Waals surface area contributed by atoms with Crippen molar-refractivity contribution in [2.45, 2.75) is 0 Å². The normalized spacial score (nSPS) is 10.1. The number of thiazole rings is 1. The minimum absolute atomic E-state index is 0.873. The smallest absolute Gasteiger partial charge is 0.143 e. The van der Waals surface area contributed by atoms with E-state index in [1.807, 2.05) is 31.3 Å². The molecule has 2 heterocycles. The van der Waals surface area contributed by atoms with E-state index in [9.17, 15) is 0 Å². The molecule has 0 fully saturated rings. The molecule has 2 aromatic rings. The van der Waals surface area contributed by atoms with Gasteiger partial charge in [0, 0.05) is 20.3 Å². The molecule has 4 nitrogen and oxygen atoms in total. The minimum Gasteiger partial charge on any atom is -0.368 e. The highest BCUT2D eigenvalue weighted by Crippen LogP contribution is 2.27. The summed E-state index contributed by atoms with van der Waals surface area (Å²) in [5, 5.41) is 2.05. The van der Waals surface area contributed by atoms with Crippen molar-refractivity contribution in [2.75, 3.05) is 19.0 Å². The Hall–Kier alpha value is -1.49. The molecule has 5 heteroatoms. The molecule has 0 bridgehead atoms. The second-order valence-electron chi connectivity index (χ2n) is 2.99. The first-order valence-electron chi connectivity index (χ1n) is 4.17. The van der Waals surface area contributed by atoms with E-state index in [1.165, 1.54) is 6.33 Å². The first-order chi connectivity index (χ1) is 6.77. The van der Waals surface area contributed by atoms with Gasteiger partial charge in [-0.15, -0.1) is 0 Å². The topological polar surface area (TPSA) is 41.9 Å². The van der Waals surface area contributed by atoms with Gasteiger partial charge in [-0.2, -0.15) is 0 Å². The average molecular weight is 206 g/mol. The molecule has 2 rings (SSSR count). The van der Waals surface area contributed by atoms with Gasteiger partial charge in [0.1, 0.15) is 22.0 Å². The average Bonchev–Trinajstić information content (AvgIpc) is 2.68. The third-order valence-corrected chi connectivity index (χ3v) is 2.92. The van der Waals surface area contributed by atoms with Crippen LogP contribution in [0.3, 0.4) is 0 Å². The molecule has 0 spiro atoms. The van der Waals surface area contributed by atoms with Gasteiger partial charge in [0.05, 0.1) is 6.20 Å². The molecule has 0 amide bonds. The van der Waals surface area contributed by atoms with Gasteiger partial charge >= 0.3 is 0 Å². The Labute approximate surface area is 86.3 Å². The lowest BCUT2D eigenvalue weighted by Gasteiger charge is -2.05. The fourth-order valence-electron chi connectivity index (χ4n) is 1.01. The van der Waals surface area contributed by atoms with E-state index in [-0.39, 0.29) is 0 Å². The molecule has 2 aromatic heterocycles. The molecule has 0 aromatic carbocycles. The number of aromatic nitrogens is 3. The van der Waals surface area contributed by atoms with E-state index >= 15 is 0 Å². The molecule has 0 saturated carbocycles. The van der Waals surface area contributed by atoms with E-state index in [0.717, 1.165) is 15.7 Å². The van der Waals surface area contributed by atoms with Crippen LogP contribution in [-0.4, -0.2) is 29.0 Å². The zero-order valence-electron chi connectivity index (χ0n) is 8.01. The lowest BCUT2D eigenvalue weighted by molar-refractivity contribution is 1.14. The molecule has 0 aliphatic heterocycles. The van der Waals surface area contributed by atoms with Gasteiger partial charge in [-0.05, 0) is 6.07 Å². The van der Waals surface area contributed by atoms with E-state index < -0.39 is 0 Å². The number of rotatable bonds is 2. The van der Waals surface area contributed by atoms with Crippen molar-refractivity contribution >= 4 is 16.3 Å². The second kappa shape index (κ2) is 3.71. The Morgan fingerprint density at radius 3 is 2.71 bits per heavy atom. The minimum atomic E-state index is 0.873. The number of hydrogen-bond donors (Lipinski definition) is 0. The van der Waals surface area contributed by atoms with Crippen LogP contribution in [0, 0.1) is 0 Å². The summed E-state index contributed by atoms with van der Waals surface area (Å²) in [6, 6.07) is 1.86. The summed E-state index contributed by atoms with van der Waals surface area (Å²) in [5.41, 5.74) is 0.873. The molecule has 72 valence electrons. The van der Waals surface area contributed by atoms with Crippen molar-refractivity contribution in [1.82, 2.24) is 15.0 Å². The van der Waals surface area contributed by atoms with Crippen LogP contribution >= 0.6 is 11.3 Å². The van der Waals surface area contributed by atoms with Crippen molar-refractivity contribution in [1.29, 1.82) is 0 Å². The van der Waals surface area contributed by atoms with Crippen LogP contribution in [-0.2, 0) is 0 Å². The summed E-state index contributed by atoms with van der Waals surface area (Å²) in [4.78, 5) is 14.3. The predicted octanol–water partition coefficient (Wildman–Crippen LogP) is 1.67. The van der Waals surface area contributed by atoms with Crippen LogP contribution in [0.5, 0.6) is 0 Å². The summed E-state index contributed by atoms with van der Waals surface area (Å²) in [6.07, 6.45) is 5.10. The third kappa shape index (κ3) is 1.72. The maximum atomic E-state index is 4.29. The number of hydrogen-bond acceptors (Lipinski definition) is 5. The Morgan fingerprint density at radius 1 is 1.29 bits per heavy atom. The maximum absolute atomic E-state index is 4.29. The van der Waals surface area contributed by atoms with E-state index in [1.54, 1.807) is 17.5 Å². The molecule has 0 aliphatic carbocycles. The van der Waals surface area contributed by atoms with Gasteiger partial charge in [0.2, 0.25) is 0 Å². The quantitative estimate of drug-likeness (QED) is 0.749. The van der Waals surface area contributed by atoms with Crippen molar-refractivity contribution in [2.24, 2.45) is 0 Å². The summed E-state index contributed by atoms with van der Waals surface area (Å²) in [5.74, 6) is 0. The molecule has 0 aliphatic rings. The standard InChI is InChI=1S/C9H10N4S/c1-13(2)8-5-11-9(14-8)7-3-4-10-6-12-7/h3-6H,1-2H3. The molecule has 0 radical (unpaired) electrons. The van der Waals surface area contributed by atoms with Crippen molar-refractivity contribution in [3.05, 3.63) is 24.8 Å². The summed E-state index contributed by atoms with van der Waals surface area (Å²) in [7, 11) is 3.99. The molecule has 0 atom stereocenters. The number of nitrogens with zero attached hydrogens (tertiary/aromatic N) is 4. The van der Waals surface area contributed by atoms with Gasteiger partial charge in [-0.1, -0.05) is 11.3 Å². The Bertz CT molecular complexity index is 410. The summed E-state index contributed by atoms with van der Waals surface area (Å²) in [6.45, 7) is 0. The monoisotopic (exact) mass is 206 g/mol. The molecule has 0 unspecified atom stereocenters. The van der Waals surface area contributed by atoms with Gasteiger partial charge in [0.25, 0.3) is 0 Å². The Balaban J connectivity index is 2.34. The van der Waals surface area contributed by atoms with E-state index in [2.05, 4.69) is 15.0 Å². The van der Waals surface area contributed by atoms with Crippen LogP contribution in [0.25, 0.3) is 10.7 Å². The SMILES string of the molecule is CN(C)c1cnc(-c2ccncn2)s1. The van der Waals surface area contributed by atoms with Crippen molar-refractivity contribution < 1.29 is 0 Å². The predicted molar refractivity (Wildman–Crippen MR) is 57.5 cm³/mol. The number of anilines is 1. The lowest BCUT2D eigenvalue weighted by Crippen LogP contribution is -2.05. The van der Waals surface area contributed by atoms with Crippen molar-refractivity contribution in [3.8, 4) is 10.7 Å². The van der Waals surface area contributed by atoms with Gasteiger partial charge in [-0.3, -0.25) is 0 Å². The van der Waals surface area contributed by atoms with Crippen LogP contribution in [0.15, 0.2) is 24.8 Å². The van der Waals surface area contributed by atoms with E-state index in [4.69, 9.17) is 0 Å². The van der Waals surface area contributed by atoms with Gasteiger partial charge in [-0.25, -0.2) is 15.0 Å². The Kier molecular flexibility index (Phi) is 2.41. The highest BCUT2D eigenvalue weighted by Gasteiger charge is 2.05. The molecular weight excluding hydrogens is 196 g/mol. The Morgan fingerprint density at radius 2 is 2.14 bits per heavy atom. The zero-order chi connectivity index (χ0) is 9.97. The zero-order valence-corrected chi connectivity index (χ0v) is 8.82. The highest BCUT2D eigenvalue weighted by molar-refractivity contribution is 7.18. The van der Waals surface area contributed by atoms with E-state index in [0.29, 0.717) is 0 Å². The van der Waals surface area contributed by atoms with Gasteiger partial charge < -0.3 is 4.90 Å². The maximum Gasteiger partial charge on any atom is 0.143 e. The van der Waals surface area contributed by atoms with Crippen LogP contribution in [0.2, 0.25) is 0 Å². The fourth-order valence-corrected chi connectivity index (χ4v) is 1.82. The lowest BCUT2D eigenvalue weighted by atomic mass is 10.4. The first-order valence-corrected chi connectivity index (χ1v) is 4.98. The van der Waals surface area contributed by atoms with Crippen molar-refractivity contribution in [3.63, 3.8) is 0 Å². The third-order valence-electron chi connectivity index (χ3n) is 1.74. The van der Waals surface area contributed by atoms with Crippen LogP contribution < -0.4 is 4.90 Å². The second-order valence-corrected chi connectivity index (χ2v) is 4.00. The molecular formula is C9H10N4S. The van der Waals surface area contributed by atoms with Crippen LogP contribution in [0.1, 0.15) is 0 Å². The van der Waals surface area contributed by atoms with Gasteiger partial charge in [0.15, 0.2) is 0 Å².